The number of nitrogens with zero attached hydrogens (tertiary/aromatic N) is 1. The number of carbonyl (C=O) groups excluding carboxylic acids is 2. The smallest absolute Gasteiger partial charge is 0.255 e. The first-order valence-corrected chi connectivity index (χ1v) is 7.06. The minimum absolute atomic E-state index is 0.00116. The molecule has 2 amide bonds. The van der Waals surface area contributed by atoms with E-state index in [1.54, 1.807) is 23.1 Å². The van der Waals surface area contributed by atoms with Crippen LogP contribution < -0.4 is 5.73 Å². The maximum Gasteiger partial charge on any atom is 0.255 e. The topological polar surface area (TPSA) is 72.6 Å². The highest BCUT2D eigenvalue weighted by Crippen LogP contribution is 2.18. The van der Waals surface area contributed by atoms with Gasteiger partial charge in [0.1, 0.15) is 0 Å². The van der Waals surface area contributed by atoms with E-state index >= 15 is 0 Å². The molecule has 1 aliphatic heterocycles. The summed E-state index contributed by atoms with van der Waals surface area (Å²) in [7, 11) is 0. The van der Waals surface area contributed by atoms with Crippen molar-refractivity contribution in [2.24, 2.45) is 5.73 Å². The average molecular weight is 374 g/mol. The minimum atomic E-state index is -0.581. The van der Waals surface area contributed by atoms with Crippen LogP contribution in [-0.4, -0.2) is 42.5 Å². The fourth-order valence-corrected chi connectivity index (χ4v) is 2.58. The summed E-state index contributed by atoms with van der Waals surface area (Å²) in [6, 6.07) is 5.10. The number of hydrogen-bond donors (Lipinski definition) is 1. The zero-order valence-electron chi connectivity index (χ0n) is 10.6. The fraction of sp³-hybridized carbons (Fsp3) is 0.385. The molecule has 102 valence electrons. The molecule has 1 aliphatic rings. The van der Waals surface area contributed by atoms with Crippen LogP contribution in [0.4, 0.5) is 0 Å². The van der Waals surface area contributed by atoms with Crippen molar-refractivity contribution < 1.29 is 14.3 Å². The standard InChI is InChI=1S/C13H15IN2O3/c1-8-7-19-5-4-16(8)13(18)10-3-2-9(14)6-11(10)12(15)17/h2-3,6,8H,4-5,7H2,1H3,(H2,15,17). The highest BCUT2D eigenvalue weighted by Gasteiger charge is 2.27. The van der Waals surface area contributed by atoms with Gasteiger partial charge in [0.25, 0.3) is 5.91 Å². The summed E-state index contributed by atoms with van der Waals surface area (Å²) >= 11 is 2.08. The van der Waals surface area contributed by atoms with Crippen molar-refractivity contribution >= 4 is 34.4 Å². The first kappa shape index (κ1) is 14.3. The second kappa shape index (κ2) is 5.87. The lowest BCUT2D eigenvalue weighted by atomic mass is 10.0. The van der Waals surface area contributed by atoms with Crippen molar-refractivity contribution in [3.05, 3.63) is 32.9 Å². The van der Waals surface area contributed by atoms with Crippen LogP contribution in [0.2, 0.25) is 0 Å². The molecule has 5 nitrogen and oxygen atoms in total. The molecule has 0 spiro atoms. The first-order chi connectivity index (χ1) is 9.00. The fourth-order valence-electron chi connectivity index (χ4n) is 2.09. The van der Waals surface area contributed by atoms with Gasteiger partial charge >= 0.3 is 0 Å². The molecule has 1 saturated heterocycles. The van der Waals surface area contributed by atoms with Crippen molar-refractivity contribution in [2.45, 2.75) is 13.0 Å². The molecule has 0 bridgehead atoms. The number of benzene rings is 1. The van der Waals surface area contributed by atoms with Gasteiger partial charge in [-0.15, -0.1) is 0 Å². The number of hydrogen-bond acceptors (Lipinski definition) is 3. The van der Waals surface area contributed by atoms with E-state index in [1.807, 2.05) is 6.92 Å². The third-order valence-corrected chi connectivity index (χ3v) is 3.78. The van der Waals surface area contributed by atoms with Gasteiger partial charge in [-0.05, 0) is 47.7 Å². The number of nitrogens with two attached hydrogens (primary N) is 1. The van der Waals surface area contributed by atoms with Crippen molar-refractivity contribution in [3.8, 4) is 0 Å². The van der Waals surface area contributed by atoms with E-state index < -0.39 is 5.91 Å². The summed E-state index contributed by atoms with van der Waals surface area (Å²) in [6.45, 7) is 3.49. The Morgan fingerprint density at radius 2 is 2.16 bits per heavy atom. The molecule has 1 heterocycles. The predicted octanol–water partition coefficient (Wildman–Crippen LogP) is 1.25. The third kappa shape index (κ3) is 3.06. The number of carbonyl (C=O) groups is 2. The van der Waals surface area contributed by atoms with Gasteiger partial charge < -0.3 is 15.4 Å². The second-order valence-corrected chi connectivity index (χ2v) is 5.72. The number of halogens is 1. The van der Waals surface area contributed by atoms with Crippen LogP contribution in [0.1, 0.15) is 27.6 Å². The zero-order chi connectivity index (χ0) is 14.0. The maximum absolute atomic E-state index is 12.5. The quantitative estimate of drug-likeness (QED) is 0.793. The Hall–Kier alpha value is -1.15. The number of rotatable bonds is 2. The van der Waals surface area contributed by atoms with E-state index in [0.717, 1.165) is 3.57 Å². The molecule has 1 unspecified atom stereocenters. The Kier molecular flexibility index (Phi) is 4.41. The van der Waals surface area contributed by atoms with Gasteiger partial charge in [-0.1, -0.05) is 0 Å². The largest absolute Gasteiger partial charge is 0.377 e. The summed E-state index contributed by atoms with van der Waals surface area (Å²) in [4.78, 5) is 25.7. The molecule has 0 saturated carbocycles. The molecular weight excluding hydrogens is 359 g/mol. The summed E-state index contributed by atoms with van der Waals surface area (Å²) in [5.41, 5.74) is 5.98. The SMILES string of the molecule is CC1COCCN1C(=O)c1ccc(I)cc1C(N)=O. The Balaban J connectivity index is 2.35. The lowest BCUT2D eigenvalue weighted by molar-refractivity contribution is 0.00353. The number of morpholine rings is 1. The Morgan fingerprint density at radius 1 is 1.42 bits per heavy atom. The highest BCUT2D eigenvalue weighted by atomic mass is 127. The molecule has 1 atom stereocenters. The summed E-state index contributed by atoms with van der Waals surface area (Å²) in [6.07, 6.45) is 0. The van der Waals surface area contributed by atoms with Gasteiger partial charge in [-0.25, -0.2) is 0 Å². The third-order valence-electron chi connectivity index (χ3n) is 3.11. The lowest BCUT2D eigenvalue weighted by Crippen LogP contribution is -2.47. The van der Waals surface area contributed by atoms with E-state index in [-0.39, 0.29) is 17.5 Å². The monoisotopic (exact) mass is 374 g/mol. The number of amides is 2. The first-order valence-electron chi connectivity index (χ1n) is 5.98. The van der Waals surface area contributed by atoms with Crippen LogP contribution >= 0.6 is 22.6 Å². The molecule has 2 rings (SSSR count). The summed E-state index contributed by atoms with van der Waals surface area (Å²) in [5.74, 6) is -0.747. The molecule has 2 N–H and O–H groups in total. The van der Waals surface area contributed by atoms with Crippen LogP contribution in [0.3, 0.4) is 0 Å². The molecule has 6 heteroatoms. The van der Waals surface area contributed by atoms with Crippen LogP contribution in [0.5, 0.6) is 0 Å². The summed E-state index contributed by atoms with van der Waals surface area (Å²) in [5, 5.41) is 0. The van der Waals surface area contributed by atoms with Gasteiger partial charge in [0.2, 0.25) is 5.91 Å². The van der Waals surface area contributed by atoms with E-state index in [0.29, 0.717) is 25.3 Å². The molecule has 0 aromatic heterocycles. The minimum Gasteiger partial charge on any atom is -0.377 e. The van der Waals surface area contributed by atoms with E-state index in [2.05, 4.69) is 22.6 Å². The molecular formula is C13H15IN2O3. The molecule has 19 heavy (non-hydrogen) atoms. The van der Waals surface area contributed by atoms with Gasteiger partial charge in [-0.3, -0.25) is 9.59 Å². The van der Waals surface area contributed by atoms with E-state index in [4.69, 9.17) is 10.5 Å². The Labute approximate surface area is 125 Å². The molecule has 1 aromatic carbocycles. The molecule has 1 fully saturated rings. The highest BCUT2D eigenvalue weighted by molar-refractivity contribution is 14.1. The lowest BCUT2D eigenvalue weighted by Gasteiger charge is -2.33. The van der Waals surface area contributed by atoms with Gasteiger partial charge in [0.15, 0.2) is 0 Å². The zero-order valence-corrected chi connectivity index (χ0v) is 12.7. The molecule has 0 radical (unpaired) electrons. The summed E-state index contributed by atoms with van der Waals surface area (Å²) < 4.78 is 6.18. The van der Waals surface area contributed by atoms with Gasteiger partial charge in [-0.2, -0.15) is 0 Å². The molecule has 1 aromatic rings. The van der Waals surface area contributed by atoms with E-state index in [9.17, 15) is 9.59 Å². The normalized spacial score (nSPS) is 19.3. The second-order valence-electron chi connectivity index (χ2n) is 4.48. The van der Waals surface area contributed by atoms with Crippen LogP contribution in [0.25, 0.3) is 0 Å². The van der Waals surface area contributed by atoms with Crippen LogP contribution in [0.15, 0.2) is 18.2 Å². The van der Waals surface area contributed by atoms with Crippen LogP contribution in [-0.2, 0) is 4.74 Å². The Bertz CT molecular complexity index is 519. The maximum atomic E-state index is 12.5. The molecule has 0 aliphatic carbocycles. The average Bonchev–Trinajstić information content (AvgIpc) is 2.38. The van der Waals surface area contributed by atoms with Gasteiger partial charge in [0, 0.05) is 10.1 Å². The number of primary amides is 1. The van der Waals surface area contributed by atoms with E-state index in [1.165, 1.54) is 0 Å². The predicted molar refractivity (Wildman–Crippen MR) is 79.0 cm³/mol. The van der Waals surface area contributed by atoms with Gasteiger partial charge in [0.05, 0.1) is 30.4 Å². The van der Waals surface area contributed by atoms with Crippen molar-refractivity contribution in [1.29, 1.82) is 0 Å². The van der Waals surface area contributed by atoms with Crippen LogP contribution in [0, 0.1) is 3.57 Å². The number of ether oxygens (including phenoxy) is 1. The Morgan fingerprint density at radius 3 is 2.79 bits per heavy atom. The van der Waals surface area contributed by atoms with Crippen molar-refractivity contribution in [3.63, 3.8) is 0 Å². The van der Waals surface area contributed by atoms with Crippen molar-refractivity contribution in [2.75, 3.05) is 19.8 Å². The van der Waals surface area contributed by atoms with Crippen molar-refractivity contribution in [1.82, 2.24) is 4.90 Å².